The molecule has 20 heavy (non-hydrogen) atoms. The number of rotatable bonds is 2. The van der Waals surface area contributed by atoms with Gasteiger partial charge in [0.1, 0.15) is 11.4 Å². The summed E-state index contributed by atoms with van der Waals surface area (Å²) in [5.74, 6) is 1.86. The van der Waals surface area contributed by atoms with Crippen molar-refractivity contribution in [3.05, 3.63) is 23.8 Å². The van der Waals surface area contributed by atoms with Crippen LogP contribution in [0.15, 0.2) is 18.2 Å². The van der Waals surface area contributed by atoms with E-state index in [1.807, 2.05) is 0 Å². The molecule has 1 fully saturated rings. The quantitative estimate of drug-likeness (QED) is 0.897. The van der Waals surface area contributed by atoms with Gasteiger partial charge in [-0.2, -0.15) is 0 Å². The first kappa shape index (κ1) is 13.7. The Kier molecular flexibility index (Phi) is 3.63. The van der Waals surface area contributed by atoms with E-state index in [4.69, 9.17) is 4.74 Å². The minimum Gasteiger partial charge on any atom is -0.484 e. The summed E-state index contributed by atoms with van der Waals surface area (Å²) < 4.78 is 6.08. The lowest BCUT2D eigenvalue weighted by atomic mass is 9.90. The van der Waals surface area contributed by atoms with Crippen molar-refractivity contribution >= 4 is 5.69 Å². The highest BCUT2D eigenvalue weighted by Gasteiger charge is 2.30. The maximum absolute atomic E-state index is 6.08. The smallest absolute Gasteiger partial charge is 0.143 e. The Morgan fingerprint density at radius 1 is 1.30 bits per heavy atom. The molecule has 1 aromatic rings. The van der Waals surface area contributed by atoms with Gasteiger partial charge in [-0.15, -0.1) is 0 Å². The zero-order chi connectivity index (χ0) is 14.2. The van der Waals surface area contributed by atoms with Gasteiger partial charge in [-0.1, -0.05) is 6.07 Å². The number of nitrogens with one attached hydrogen (secondary N) is 1. The molecule has 0 saturated carbocycles. The second kappa shape index (κ2) is 5.28. The SMILES string of the molecule is CN1CC(C)(C)Oc2ccc(CC3CCNCC3)cc21. The van der Waals surface area contributed by atoms with Crippen molar-refractivity contribution in [1.29, 1.82) is 0 Å². The Morgan fingerprint density at radius 3 is 2.80 bits per heavy atom. The molecular formula is C17H26N2O. The maximum Gasteiger partial charge on any atom is 0.143 e. The van der Waals surface area contributed by atoms with Gasteiger partial charge in [-0.05, 0) is 69.8 Å². The second-order valence-electron chi connectivity index (χ2n) is 6.92. The van der Waals surface area contributed by atoms with Crippen molar-refractivity contribution in [2.24, 2.45) is 5.92 Å². The van der Waals surface area contributed by atoms with E-state index >= 15 is 0 Å². The van der Waals surface area contributed by atoms with Crippen molar-refractivity contribution in [3.8, 4) is 5.75 Å². The first-order chi connectivity index (χ1) is 9.53. The Hall–Kier alpha value is -1.22. The Labute approximate surface area is 122 Å². The average Bonchev–Trinajstić information content (AvgIpc) is 2.40. The van der Waals surface area contributed by atoms with Crippen molar-refractivity contribution in [1.82, 2.24) is 5.32 Å². The van der Waals surface area contributed by atoms with Gasteiger partial charge in [0, 0.05) is 7.05 Å². The first-order valence-corrected chi connectivity index (χ1v) is 7.77. The van der Waals surface area contributed by atoms with Gasteiger partial charge < -0.3 is 15.0 Å². The summed E-state index contributed by atoms with van der Waals surface area (Å²) in [4.78, 5) is 2.32. The molecule has 0 spiro atoms. The Bertz CT molecular complexity index is 478. The highest BCUT2D eigenvalue weighted by molar-refractivity contribution is 5.61. The molecule has 1 aromatic carbocycles. The third kappa shape index (κ3) is 2.93. The largest absolute Gasteiger partial charge is 0.484 e. The molecular weight excluding hydrogens is 248 g/mol. The van der Waals surface area contributed by atoms with E-state index in [0.717, 1.165) is 18.2 Å². The van der Waals surface area contributed by atoms with Crippen LogP contribution in [0.25, 0.3) is 0 Å². The van der Waals surface area contributed by atoms with E-state index in [-0.39, 0.29) is 5.60 Å². The highest BCUT2D eigenvalue weighted by atomic mass is 16.5. The van der Waals surface area contributed by atoms with E-state index in [0.29, 0.717) is 0 Å². The van der Waals surface area contributed by atoms with Crippen molar-refractivity contribution in [3.63, 3.8) is 0 Å². The predicted octanol–water partition coefficient (Wildman–Crippen LogP) is 2.84. The summed E-state index contributed by atoms with van der Waals surface area (Å²) in [6, 6.07) is 6.73. The highest BCUT2D eigenvalue weighted by Crippen LogP contribution is 2.37. The van der Waals surface area contributed by atoms with Crippen LogP contribution >= 0.6 is 0 Å². The zero-order valence-corrected chi connectivity index (χ0v) is 12.9. The number of benzene rings is 1. The van der Waals surface area contributed by atoms with E-state index in [1.54, 1.807) is 0 Å². The average molecular weight is 274 g/mol. The van der Waals surface area contributed by atoms with Gasteiger partial charge in [-0.25, -0.2) is 0 Å². The molecule has 1 saturated heterocycles. The molecule has 0 bridgehead atoms. The molecule has 3 nitrogen and oxygen atoms in total. The van der Waals surface area contributed by atoms with Crippen LogP contribution in [0.2, 0.25) is 0 Å². The number of likely N-dealkylation sites (N-methyl/N-ethyl adjacent to an activating group) is 1. The predicted molar refractivity (Wildman–Crippen MR) is 83.7 cm³/mol. The first-order valence-electron chi connectivity index (χ1n) is 7.77. The van der Waals surface area contributed by atoms with E-state index in [2.05, 4.69) is 49.3 Å². The lowest BCUT2D eigenvalue weighted by molar-refractivity contribution is 0.107. The summed E-state index contributed by atoms with van der Waals surface area (Å²) in [6.45, 7) is 7.58. The van der Waals surface area contributed by atoms with Crippen LogP contribution in [0.5, 0.6) is 5.75 Å². The molecule has 2 aliphatic rings. The number of fused-ring (bicyclic) bond motifs is 1. The third-order valence-electron chi connectivity index (χ3n) is 4.42. The number of anilines is 1. The van der Waals surface area contributed by atoms with Crippen LogP contribution in [-0.4, -0.2) is 32.3 Å². The van der Waals surface area contributed by atoms with Gasteiger partial charge in [0.2, 0.25) is 0 Å². The van der Waals surface area contributed by atoms with E-state index in [9.17, 15) is 0 Å². The molecule has 1 N–H and O–H groups in total. The number of nitrogens with zero attached hydrogens (tertiary/aromatic N) is 1. The summed E-state index contributed by atoms with van der Waals surface area (Å²) in [6.07, 6.45) is 3.80. The second-order valence-corrected chi connectivity index (χ2v) is 6.92. The van der Waals surface area contributed by atoms with Crippen LogP contribution in [-0.2, 0) is 6.42 Å². The fourth-order valence-electron chi connectivity index (χ4n) is 3.48. The van der Waals surface area contributed by atoms with Crippen LogP contribution in [0.3, 0.4) is 0 Å². The molecule has 0 unspecified atom stereocenters. The summed E-state index contributed by atoms with van der Waals surface area (Å²) in [7, 11) is 2.16. The normalized spacial score (nSPS) is 22.2. The van der Waals surface area contributed by atoms with Crippen LogP contribution in [0, 0.1) is 5.92 Å². The Balaban J connectivity index is 1.77. The maximum atomic E-state index is 6.08. The fraction of sp³-hybridized carbons (Fsp3) is 0.647. The summed E-state index contributed by atoms with van der Waals surface area (Å²) in [5.41, 5.74) is 2.60. The number of piperidine rings is 1. The van der Waals surface area contributed by atoms with Crippen molar-refractivity contribution in [2.45, 2.75) is 38.7 Å². The third-order valence-corrected chi connectivity index (χ3v) is 4.42. The Morgan fingerprint density at radius 2 is 2.05 bits per heavy atom. The molecule has 3 heteroatoms. The van der Waals surface area contributed by atoms with Crippen molar-refractivity contribution < 1.29 is 4.74 Å². The molecule has 0 amide bonds. The van der Waals surface area contributed by atoms with Gasteiger partial charge >= 0.3 is 0 Å². The molecule has 0 atom stereocenters. The number of ether oxygens (including phenoxy) is 1. The lowest BCUT2D eigenvalue weighted by Crippen LogP contribution is -2.45. The lowest BCUT2D eigenvalue weighted by Gasteiger charge is -2.39. The molecule has 0 aliphatic carbocycles. The minimum absolute atomic E-state index is 0.0989. The standard InChI is InChI=1S/C17H26N2O/c1-17(2)12-19(3)15-11-14(4-5-16(15)20-17)10-13-6-8-18-9-7-13/h4-5,11,13,18H,6-10,12H2,1-3H3. The summed E-state index contributed by atoms with van der Waals surface area (Å²) >= 11 is 0. The van der Waals surface area contributed by atoms with Crippen LogP contribution in [0.4, 0.5) is 5.69 Å². The molecule has 2 heterocycles. The van der Waals surface area contributed by atoms with E-state index < -0.39 is 0 Å². The fourth-order valence-corrected chi connectivity index (χ4v) is 3.48. The number of hydrogen-bond acceptors (Lipinski definition) is 3. The monoisotopic (exact) mass is 274 g/mol. The van der Waals surface area contributed by atoms with Gasteiger partial charge in [0.05, 0.1) is 12.2 Å². The van der Waals surface area contributed by atoms with Gasteiger partial charge in [-0.3, -0.25) is 0 Å². The van der Waals surface area contributed by atoms with Gasteiger partial charge in [0.15, 0.2) is 0 Å². The van der Waals surface area contributed by atoms with Crippen LogP contribution < -0.4 is 15.0 Å². The molecule has 0 aromatic heterocycles. The van der Waals surface area contributed by atoms with Crippen LogP contribution in [0.1, 0.15) is 32.3 Å². The van der Waals surface area contributed by atoms with Gasteiger partial charge in [0.25, 0.3) is 0 Å². The topological polar surface area (TPSA) is 24.5 Å². The molecule has 3 rings (SSSR count). The molecule has 110 valence electrons. The molecule has 0 radical (unpaired) electrons. The minimum atomic E-state index is -0.0989. The van der Waals surface area contributed by atoms with E-state index in [1.165, 1.54) is 43.6 Å². The molecule has 2 aliphatic heterocycles. The van der Waals surface area contributed by atoms with Crippen molar-refractivity contribution in [2.75, 3.05) is 31.6 Å². The zero-order valence-electron chi connectivity index (χ0n) is 12.9. The summed E-state index contributed by atoms with van der Waals surface area (Å²) in [5, 5.41) is 3.44. The number of hydrogen-bond donors (Lipinski definition) is 1.